The summed E-state index contributed by atoms with van der Waals surface area (Å²) in [5, 5.41) is 3.29. The first-order valence-electron chi connectivity index (χ1n) is 7.59. The van der Waals surface area contributed by atoms with Crippen molar-refractivity contribution >= 4 is 5.91 Å². The predicted molar refractivity (Wildman–Crippen MR) is 80.5 cm³/mol. The van der Waals surface area contributed by atoms with Crippen molar-refractivity contribution in [1.29, 1.82) is 0 Å². The standard InChI is InChI=1S/C17H22N2O/c20-17(15-7-4-11-18-13-15)19(16-8-9-16)12-10-14-5-2-1-3-6-14/h1-3,5-7,16,18H,4,8-13H2. The van der Waals surface area contributed by atoms with E-state index in [1.807, 2.05) is 6.07 Å². The van der Waals surface area contributed by atoms with E-state index in [2.05, 4.69) is 40.6 Å². The number of nitrogens with one attached hydrogen (secondary N) is 1. The molecule has 1 aliphatic carbocycles. The van der Waals surface area contributed by atoms with Gasteiger partial charge in [-0.15, -0.1) is 0 Å². The average Bonchev–Trinajstić information content (AvgIpc) is 3.34. The highest BCUT2D eigenvalue weighted by Crippen LogP contribution is 2.28. The van der Waals surface area contributed by atoms with Crippen LogP contribution in [0.1, 0.15) is 24.8 Å². The van der Waals surface area contributed by atoms with Crippen LogP contribution in [0.25, 0.3) is 0 Å². The van der Waals surface area contributed by atoms with Crippen molar-refractivity contribution in [3.63, 3.8) is 0 Å². The minimum Gasteiger partial charge on any atom is -0.336 e. The summed E-state index contributed by atoms with van der Waals surface area (Å²) >= 11 is 0. The molecule has 0 atom stereocenters. The molecule has 1 aromatic carbocycles. The van der Waals surface area contributed by atoms with Gasteiger partial charge in [0, 0.05) is 24.7 Å². The van der Waals surface area contributed by atoms with Gasteiger partial charge in [-0.1, -0.05) is 36.4 Å². The molecule has 0 spiro atoms. The highest BCUT2D eigenvalue weighted by atomic mass is 16.2. The van der Waals surface area contributed by atoms with Crippen LogP contribution in [-0.2, 0) is 11.2 Å². The van der Waals surface area contributed by atoms with Crippen LogP contribution in [0.5, 0.6) is 0 Å². The van der Waals surface area contributed by atoms with Crippen LogP contribution >= 0.6 is 0 Å². The van der Waals surface area contributed by atoms with Crippen LogP contribution in [0.4, 0.5) is 0 Å². The minimum absolute atomic E-state index is 0.246. The van der Waals surface area contributed by atoms with Crippen LogP contribution in [0.15, 0.2) is 42.0 Å². The molecule has 0 radical (unpaired) electrons. The first-order chi connectivity index (χ1) is 9.84. The van der Waals surface area contributed by atoms with Gasteiger partial charge in [-0.05, 0) is 37.8 Å². The number of nitrogens with zero attached hydrogens (tertiary/aromatic N) is 1. The lowest BCUT2D eigenvalue weighted by atomic mass is 10.1. The molecule has 3 nitrogen and oxygen atoms in total. The Morgan fingerprint density at radius 2 is 2.05 bits per heavy atom. The molecule has 1 amide bonds. The maximum atomic E-state index is 12.6. The quantitative estimate of drug-likeness (QED) is 0.889. The van der Waals surface area contributed by atoms with E-state index in [0.717, 1.165) is 38.0 Å². The lowest BCUT2D eigenvalue weighted by molar-refractivity contribution is -0.127. The zero-order valence-electron chi connectivity index (χ0n) is 11.8. The van der Waals surface area contributed by atoms with Crippen LogP contribution in [0.3, 0.4) is 0 Å². The molecule has 1 aliphatic heterocycles. The van der Waals surface area contributed by atoms with Gasteiger partial charge in [0.05, 0.1) is 0 Å². The first-order valence-corrected chi connectivity index (χ1v) is 7.59. The molecule has 106 valence electrons. The zero-order chi connectivity index (χ0) is 13.8. The summed E-state index contributed by atoms with van der Waals surface area (Å²) in [5.74, 6) is 0.246. The van der Waals surface area contributed by atoms with Gasteiger partial charge in [-0.25, -0.2) is 0 Å². The van der Waals surface area contributed by atoms with E-state index >= 15 is 0 Å². The van der Waals surface area contributed by atoms with Gasteiger partial charge in [0.1, 0.15) is 0 Å². The molecular weight excluding hydrogens is 248 g/mol. The Labute approximate surface area is 120 Å². The molecule has 1 N–H and O–H groups in total. The number of amides is 1. The largest absolute Gasteiger partial charge is 0.336 e. The van der Waals surface area contributed by atoms with E-state index in [0.29, 0.717) is 6.04 Å². The van der Waals surface area contributed by atoms with E-state index < -0.39 is 0 Å². The SMILES string of the molecule is O=C(C1=CCCNC1)N(CCc1ccccc1)C1CC1. The normalized spacial score (nSPS) is 18.5. The molecule has 0 saturated heterocycles. The molecular formula is C17H22N2O. The third kappa shape index (κ3) is 3.28. The van der Waals surface area contributed by atoms with E-state index in [-0.39, 0.29) is 5.91 Å². The zero-order valence-corrected chi connectivity index (χ0v) is 11.8. The lowest BCUT2D eigenvalue weighted by Gasteiger charge is -2.25. The van der Waals surface area contributed by atoms with E-state index in [9.17, 15) is 4.79 Å². The molecule has 2 aliphatic rings. The third-order valence-electron chi connectivity index (χ3n) is 4.03. The Morgan fingerprint density at radius 3 is 2.70 bits per heavy atom. The third-order valence-corrected chi connectivity index (χ3v) is 4.03. The van der Waals surface area contributed by atoms with Crippen LogP contribution in [0.2, 0.25) is 0 Å². The smallest absolute Gasteiger partial charge is 0.251 e. The van der Waals surface area contributed by atoms with Crippen molar-refractivity contribution in [3.8, 4) is 0 Å². The van der Waals surface area contributed by atoms with E-state index in [4.69, 9.17) is 0 Å². The summed E-state index contributed by atoms with van der Waals surface area (Å²) in [4.78, 5) is 14.7. The number of carbonyl (C=O) groups is 1. The van der Waals surface area contributed by atoms with Crippen molar-refractivity contribution in [3.05, 3.63) is 47.5 Å². The fourth-order valence-electron chi connectivity index (χ4n) is 2.72. The van der Waals surface area contributed by atoms with Gasteiger partial charge in [-0.2, -0.15) is 0 Å². The van der Waals surface area contributed by atoms with Crippen LogP contribution < -0.4 is 5.32 Å². The van der Waals surface area contributed by atoms with Gasteiger partial charge in [-0.3, -0.25) is 4.79 Å². The number of carbonyl (C=O) groups excluding carboxylic acids is 1. The maximum Gasteiger partial charge on any atom is 0.251 e. The fraction of sp³-hybridized carbons (Fsp3) is 0.471. The Morgan fingerprint density at radius 1 is 1.25 bits per heavy atom. The van der Waals surface area contributed by atoms with Gasteiger partial charge < -0.3 is 10.2 Å². The molecule has 1 aromatic rings. The van der Waals surface area contributed by atoms with E-state index in [1.54, 1.807) is 0 Å². The van der Waals surface area contributed by atoms with Crippen molar-refractivity contribution in [2.75, 3.05) is 19.6 Å². The summed E-state index contributed by atoms with van der Waals surface area (Å²) < 4.78 is 0. The van der Waals surface area contributed by atoms with Gasteiger partial charge in [0.15, 0.2) is 0 Å². The first kappa shape index (κ1) is 13.4. The second-order valence-corrected chi connectivity index (χ2v) is 5.66. The topological polar surface area (TPSA) is 32.3 Å². The van der Waals surface area contributed by atoms with Gasteiger partial charge in [0.2, 0.25) is 0 Å². The second-order valence-electron chi connectivity index (χ2n) is 5.66. The van der Waals surface area contributed by atoms with Crippen LogP contribution in [0, 0.1) is 0 Å². The second kappa shape index (κ2) is 6.23. The number of benzene rings is 1. The van der Waals surface area contributed by atoms with Crippen molar-refractivity contribution < 1.29 is 4.79 Å². The highest BCUT2D eigenvalue weighted by Gasteiger charge is 2.33. The summed E-state index contributed by atoms with van der Waals surface area (Å²) in [5.41, 5.74) is 2.26. The number of hydrogen-bond acceptors (Lipinski definition) is 2. The highest BCUT2D eigenvalue weighted by molar-refractivity contribution is 5.94. The van der Waals surface area contributed by atoms with Crippen LogP contribution in [-0.4, -0.2) is 36.5 Å². The molecule has 3 rings (SSSR count). The number of rotatable bonds is 5. The Bertz CT molecular complexity index is 491. The van der Waals surface area contributed by atoms with Gasteiger partial charge in [0.25, 0.3) is 5.91 Å². The monoisotopic (exact) mass is 270 g/mol. The summed E-state index contributed by atoms with van der Waals surface area (Å²) in [6, 6.07) is 10.9. The average molecular weight is 270 g/mol. The Balaban J connectivity index is 1.63. The van der Waals surface area contributed by atoms with Crippen molar-refractivity contribution in [2.24, 2.45) is 0 Å². The lowest BCUT2D eigenvalue weighted by Crippen LogP contribution is -2.39. The molecule has 0 bridgehead atoms. The Hall–Kier alpha value is -1.61. The Kier molecular flexibility index (Phi) is 4.16. The molecule has 1 heterocycles. The summed E-state index contributed by atoms with van der Waals surface area (Å²) in [7, 11) is 0. The molecule has 3 heteroatoms. The van der Waals surface area contributed by atoms with E-state index in [1.165, 1.54) is 18.4 Å². The number of hydrogen-bond donors (Lipinski definition) is 1. The molecule has 1 saturated carbocycles. The molecule has 1 fully saturated rings. The summed E-state index contributed by atoms with van der Waals surface area (Å²) in [6.07, 6.45) is 6.36. The molecule has 0 aromatic heterocycles. The molecule has 0 unspecified atom stereocenters. The van der Waals surface area contributed by atoms with Crippen molar-refractivity contribution in [2.45, 2.75) is 31.7 Å². The predicted octanol–water partition coefficient (Wildman–Crippen LogP) is 2.14. The maximum absolute atomic E-state index is 12.6. The van der Waals surface area contributed by atoms with Gasteiger partial charge >= 0.3 is 0 Å². The fourth-order valence-corrected chi connectivity index (χ4v) is 2.72. The summed E-state index contributed by atoms with van der Waals surface area (Å²) in [6.45, 7) is 2.56. The minimum atomic E-state index is 0.246. The molecule has 20 heavy (non-hydrogen) atoms. The van der Waals surface area contributed by atoms with Crippen molar-refractivity contribution in [1.82, 2.24) is 10.2 Å².